The Morgan fingerprint density at radius 3 is 2.54 bits per heavy atom. The first-order chi connectivity index (χ1) is 17.1. The summed E-state index contributed by atoms with van der Waals surface area (Å²) >= 11 is 0. The third kappa shape index (κ3) is 11.2. The molecule has 0 amide bonds. The van der Waals surface area contributed by atoms with Gasteiger partial charge in [-0.1, -0.05) is 25.3 Å². The number of esters is 1. The van der Waals surface area contributed by atoms with Crippen molar-refractivity contribution in [1.29, 1.82) is 0 Å². The highest BCUT2D eigenvalue weighted by molar-refractivity contribution is 5.90. The minimum absolute atomic E-state index is 0.101. The van der Waals surface area contributed by atoms with E-state index in [2.05, 4.69) is 0 Å². The molecule has 0 saturated carbocycles. The minimum Gasteiger partial charge on any atom is -0.493 e. The van der Waals surface area contributed by atoms with Crippen LogP contribution in [0.3, 0.4) is 0 Å². The van der Waals surface area contributed by atoms with Gasteiger partial charge in [-0.3, -0.25) is 0 Å². The average molecular weight is 493 g/mol. The molecule has 1 aliphatic heterocycles. The Morgan fingerprint density at radius 1 is 1.03 bits per heavy atom. The van der Waals surface area contributed by atoms with Crippen molar-refractivity contribution in [2.24, 2.45) is 0 Å². The predicted molar refractivity (Wildman–Crippen MR) is 132 cm³/mol. The van der Waals surface area contributed by atoms with Gasteiger partial charge in [0.1, 0.15) is 19.0 Å². The largest absolute Gasteiger partial charge is 0.493 e. The van der Waals surface area contributed by atoms with Crippen molar-refractivity contribution < 1.29 is 38.0 Å². The second-order valence-corrected chi connectivity index (χ2v) is 8.54. The van der Waals surface area contributed by atoms with Gasteiger partial charge in [-0.05, 0) is 43.5 Å². The Bertz CT molecular complexity index is 791. The molecule has 1 aromatic carbocycles. The van der Waals surface area contributed by atoms with Gasteiger partial charge in [0.15, 0.2) is 11.5 Å². The van der Waals surface area contributed by atoms with E-state index in [1.54, 1.807) is 14.2 Å². The summed E-state index contributed by atoms with van der Waals surface area (Å²) in [5.41, 5.74) is 1.63. The van der Waals surface area contributed by atoms with E-state index >= 15 is 0 Å². The second-order valence-electron chi connectivity index (χ2n) is 8.54. The van der Waals surface area contributed by atoms with Crippen molar-refractivity contribution in [3.63, 3.8) is 0 Å². The van der Waals surface area contributed by atoms with Gasteiger partial charge in [0.25, 0.3) is 0 Å². The van der Waals surface area contributed by atoms with E-state index in [9.17, 15) is 9.59 Å². The summed E-state index contributed by atoms with van der Waals surface area (Å²) in [5.74, 6) is 1.02. The number of rotatable bonds is 20. The molecule has 1 aliphatic rings. The smallest absolute Gasteiger partial charge is 0.334 e. The van der Waals surface area contributed by atoms with Gasteiger partial charge in [0.05, 0.1) is 39.6 Å². The maximum absolute atomic E-state index is 12.1. The van der Waals surface area contributed by atoms with Crippen LogP contribution in [0.1, 0.15) is 57.4 Å². The molecule has 0 N–H and O–H groups in total. The molecule has 8 heteroatoms. The van der Waals surface area contributed by atoms with Crippen LogP contribution in [-0.4, -0.2) is 65.1 Å². The Balaban J connectivity index is 1.89. The summed E-state index contributed by atoms with van der Waals surface area (Å²) in [6.07, 6.45) is 8.45. The number of unbranched alkanes of at least 4 members (excludes halogenated alkanes) is 4. The van der Waals surface area contributed by atoms with Crippen LogP contribution >= 0.6 is 0 Å². The third-order valence-electron chi connectivity index (χ3n) is 5.67. The fourth-order valence-corrected chi connectivity index (χ4v) is 3.81. The van der Waals surface area contributed by atoms with E-state index in [0.29, 0.717) is 62.9 Å². The summed E-state index contributed by atoms with van der Waals surface area (Å²) < 4.78 is 33.1. The standard InChI is InChI=1S/C27H40O8/c1-21-17-23(27(29)35-21)19-24(9-7-5-4-6-8-12-28)34-20-22-10-11-25(26(18-22)31-3)33-16-15-32-14-13-30-2/h10-12,17-18,21,24H,4-9,13-16,19-20H2,1-3H3/t21-,24-/m1/s1. The number of ether oxygens (including phenoxy) is 6. The maximum atomic E-state index is 12.1. The van der Waals surface area contributed by atoms with Gasteiger partial charge in [-0.25, -0.2) is 4.79 Å². The van der Waals surface area contributed by atoms with Crippen LogP contribution in [0.2, 0.25) is 0 Å². The van der Waals surface area contributed by atoms with Crippen LogP contribution < -0.4 is 9.47 Å². The SMILES string of the molecule is COCCOCCOc1ccc(CO[C@H](CCCCCCC=O)CC2=C[C@@H](C)OC2=O)cc1OC. The van der Waals surface area contributed by atoms with Crippen LogP contribution in [0.25, 0.3) is 0 Å². The lowest BCUT2D eigenvalue weighted by Crippen LogP contribution is -2.16. The lowest BCUT2D eigenvalue weighted by Gasteiger charge is -2.19. The molecule has 0 radical (unpaired) electrons. The Hall–Kier alpha value is -2.42. The lowest BCUT2D eigenvalue weighted by atomic mass is 10.0. The number of hydrogen-bond acceptors (Lipinski definition) is 8. The first-order valence-corrected chi connectivity index (χ1v) is 12.4. The first kappa shape index (κ1) is 28.8. The zero-order valence-electron chi connectivity index (χ0n) is 21.3. The maximum Gasteiger partial charge on any atom is 0.334 e. The molecule has 1 heterocycles. The number of cyclic esters (lactones) is 1. The normalized spacial score (nSPS) is 16.0. The summed E-state index contributed by atoms with van der Waals surface area (Å²) in [6.45, 7) is 4.21. The third-order valence-corrected chi connectivity index (χ3v) is 5.67. The van der Waals surface area contributed by atoms with Crippen molar-refractivity contribution in [2.75, 3.05) is 40.6 Å². The highest BCUT2D eigenvalue weighted by atomic mass is 16.6. The molecule has 0 fully saturated rings. The molecular weight excluding hydrogens is 452 g/mol. The fraction of sp³-hybridized carbons (Fsp3) is 0.630. The molecule has 0 saturated heterocycles. The van der Waals surface area contributed by atoms with E-state index in [1.165, 1.54) is 0 Å². The zero-order valence-corrected chi connectivity index (χ0v) is 21.3. The van der Waals surface area contributed by atoms with Gasteiger partial charge in [-0.2, -0.15) is 0 Å². The Kier molecular flexibility index (Phi) is 14.1. The monoisotopic (exact) mass is 492 g/mol. The van der Waals surface area contributed by atoms with Gasteiger partial charge in [-0.15, -0.1) is 0 Å². The van der Waals surface area contributed by atoms with Gasteiger partial charge >= 0.3 is 5.97 Å². The molecule has 0 bridgehead atoms. The molecule has 2 rings (SSSR count). The summed E-state index contributed by atoms with van der Waals surface area (Å²) in [7, 11) is 3.24. The summed E-state index contributed by atoms with van der Waals surface area (Å²) in [6, 6.07) is 5.72. The van der Waals surface area contributed by atoms with Crippen molar-refractivity contribution in [3.8, 4) is 11.5 Å². The highest BCUT2D eigenvalue weighted by Gasteiger charge is 2.25. The van der Waals surface area contributed by atoms with Crippen molar-refractivity contribution in [3.05, 3.63) is 35.4 Å². The summed E-state index contributed by atoms with van der Waals surface area (Å²) in [5, 5.41) is 0. The van der Waals surface area contributed by atoms with Gasteiger partial charge in [0.2, 0.25) is 0 Å². The molecule has 8 nitrogen and oxygen atoms in total. The van der Waals surface area contributed by atoms with Crippen LogP contribution in [0.5, 0.6) is 11.5 Å². The molecule has 35 heavy (non-hydrogen) atoms. The number of hydrogen-bond donors (Lipinski definition) is 0. The van der Waals surface area contributed by atoms with Crippen molar-refractivity contribution in [1.82, 2.24) is 0 Å². The predicted octanol–water partition coefficient (Wildman–Crippen LogP) is 4.42. The van der Waals surface area contributed by atoms with Gasteiger partial charge < -0.3 is 33.2 Å². The Labute approximate surface area is 208 Å². The molecule has 0 unspecified atom stereocenters. The number of carbonyl (C=O) groups excluding carboxylic acids is 2. The van der Waals surface area contributed by atoms with E-state index in [0.717, 1.165) is 44.0 Å². The van der Waals surface area contributed by atoms with Crippen molar-refractivity contribution >= 4 is 12.3 Å². The van der Waals surface area contributed by atoms with E-state index < -0.39 is 0 Å². The number of carbonyl (C=O) groups is 2. The molecule has 1 aromatic rings. The average Bonchev–Trinajstić information content (AvgIpc) is 3.18. The van der Waals surface area contributed by atoms with Crippen LogP contribution in [-0.2, 0) is 35.1 Å². The summed E-state index contributed by atoms with van der Waals surface area (Å²) in [4.78, 5) is 22.6. The molecule has 0 aliphatic carbocycles. The van der Waals surface area contributed by atoms with E-state index in [4.69, 9.17) is 28.4 Å². The van der Waals surface area contributed by atoms with Gasteiger partial charge in [0, 0.05) is 25.5 Å². The zero-order chi connectivity index (χ0) is 25.3. The topological polar surface area (TPSA) is 89.5 Å². The van der Waals surface area contributed by atoms with E-state index in [-0.39, 0.29) is 18.2 Å². The van der Waals surface area contributed by atoms with E-state index in [1.807, 2.05) is 31.2 Å². The highest BCUT2D eigenvalue weighted by Crippen LogP contribution is 2.29. The quantitative estimate of drug-likeness (QED) is 0.150. The molecule has 0 aromatic heterocycles. The molecule has 2 atom stereocenters. The fourth-order valence-electron chi connectivity index (χ4n) is 3.81. The second kappa shape index (κ2) is 17.1. The van der Waals surface area contributed by atoms with Crippen LogP contribution in [0.15, 0.2) is 29.8 Å². The molecule has 0 spiro atoms. The minimum atomic E-state index is -0.258. The number of benzene rings is 1. The number of aldehydes is 1. The van der Waals surface area contributed by atoms with Crippen molar-refractivity contribution in [2.45, 2.75) is 70.7 Å². The molecule has 196 valence electrons. The lowest BCUT2D eigenvalue weighted by molar-refractivity contribution is -0.139. The van der Waals surface area contributed by atoms with Crippen LogP contribution in [0.4, 0.5) is 0 Å². The molecular formula is C27H40O8. The number of methoxy groups -OCH3 is 2. The van der Waals surface area contributed by atoms with Crippen LogP contribution in [0, 0.1) is 0 Å². The first-order valence-electron chi connectivity index (χ1n) is 12.4. The Morgan fingerprint density at radius 2 is 1.83 bits per heavy atom.